The van der Waals surface area contributed by atoms with Gasteiger partial charge in [0.25, 0.3) is 5.56 Å². The summed E-state index contributed by atoms with van der Waals surface area (Å²) in [6.07, 6.45) is 4.41. The molecule has 0 atom stereocenters. The molecule has 0 bridgehead atoms. The Morgan fingerprint density at radius 1 is 1.22 bits per heavy atom. The maximum atomic E-state index is 14.1. The Kier molecular flexibility index (Phi) is 8.27. The second kappa shape index (κ2) is 10.6. The number of aromatic nitrogens is 4. The van der Waals surface area contributed by atoms with Crippen molar-refractivity contribution in [2.75, 3.05) is 6.61 Å². The maximum absolute atomic E-state index is 14.1. The van der Waals surface area contributed by atoms with Crippen molar-refractivity contribution in [3.63, 3.8) is 0 Å². The van der Waals surface area contributed by atoms with Gasteiger partial charge in [0, 0.05) is 12.8 Å². The van der Waals surface area contributed by atoms with Gasteiger partial charge >= 0.3 is 5.69 Å². The normalized spacial score (nSPS) is 12.6. The molecule has 196 valence electrons. The van der Waals surface area contributed by atoms with Crippen molar-refractivity contribution in [3.8, 4) is 5.69 Å². The molecule has 3 rings (SSSR count). The number of halogens is 2. The number of nitrogens with one attached hydrogen (secondary N) is 1. The van der Waals surface area contributed by atoms with Crippen LogP contribution in [0.25, 0.3) is 16.7 Å². The van der Waals surface area contributed by atoms with Gasteiger partial charge in [-0.05, 0) is 67.4 Å². The van der Waals surface area contributed by atoms with Crippen molar-refractivity contribution in [1.29, 1.82) is 0 Å². The number of unbranched alkanes of at least 4 members (excludes halogenated alkanes) is 1. The Labute approximate surface area is 217 Å². The van der Waals surface area contributed by atoms with Crippen LogP contribution in [-0.4, -0.2) is 34.4 Å². The molecule has 10 heteroatoms. The molecule has 0 spiro atoms. The molecule has 0 fully saturated rings. The first kappa shape index (κ1) is 28.2. The van der Waals surface area contributed by atoms with Gasteiger partial charge in [0.15, 0.2) is 24.9 Å². The summed E-state index contributed by atoms with van der Waals surface area (Å²) in [5.74, 6) is -0.844. The topological polar surface area (TPSA) is 89.9 Å². The number of H-pyrrole nitrogens is 1. The summed E-state index contributed by atoms with van der Waals surface area (Å²) < 4.78 is 21.7. The molecule has 0 aliphatic heterocycles. The molecule has 0 amide bonds. The Balaban J connectivity index is 2.00. The molecule has 36 heavy (non-hydrogen) atoms. The average Bonchev–Trinajstić information content (AvgIpc) is 2.75. The molecule has 0 radical (unpaired) electrons. The van der Waals surface area contributed by atoms with E-state index in [9.17, 15) is 14.0 Å². The smallest absolute Gasteiger partial charge is 0.334 e. The van der Waals surface area contributed by atoms with E-state index in [1.165, 1.54) is 4.57 Å². The van der Waals surface area contributed by atoms with E-state index in [0.29, 0.717) is 18.0 Å². The van der Waals surface area contributed by atoms with Crippen LogP contribution in [0.15, 0.2) is 21.9 Å². The van der Waals surface area contributed by atoms with Crippen LogP contribution in [0, 0.1) is 12.7 Å². The van der Waals surface area contributed by atoms with Crippen LogP contribution in [0.2, 0.25) is 23.3 Å². The van der Waals surface area contributed by atoms with E-state index >= 15 is 0 Å². The van der Waals surface area contributed by atoms with Crippen LogP contribution in [0.5, 0.6) is 0 Å². The Hall–Kier alpha value is -2.36. The van der Waals surface area contributed by atoms with Crippen molar-refractivity contribution >= 4 is 31.0 Å². The fraction of sp³-hybridized carbons (Fsp3) is 0.538. The van der Waals surface area contributed by atoms with Crippen molar-refractivity contribution in [2.24, 2.45) is 0 Å². The SMILES string of the molecule is Cc1c(CCCCO[Si](C)(C)C(C)(C)C)cnc(C(C)C)c1-n1c(=O)[nH]c(=O)c2cc(F)c(Cl)nc21. The largest absolute Gasteiger partial charge is 0.417 e. The molecular formula is C26H36ClFN4O3Si. The minimum absolute atomic E-state index is 0.00173. The number of pyridine rings is 2. The van der Waals surface area contributed by atoms with Crippen molar-refractivity contribution < 1.29 is 8.82 Å². The third kappa shape index (κ3) is 5.63. The molecule has 3 aromatic rings. The average molecular weight is 535 g/mol. The van der Waals surface area contributed by atoms with E-state index in [2.05, 4.69) is 48.8 Å². The maximum Gasteiger partial charge on any atom is 0.334 e. The summed E-state index contributed by atoms with van der Waals surface area (Å²) in [4.78, 5) is 36.5. The molecule has 7 nitrogen and oxygen atoms in total. The monoisotopic (exact) mass is 534 g/mol. The van der Waals surface area contributed by atoms with Crippen LogP contribution in [-0.2, 0) is 10.8 Å². The van der Waals surface area contributed by atoms with Crippen molar-refractivity contribution in [2.45, 2.75) is 84.9 Å². The van der Waals surface area contributed by atoms with E-state index in [1.807, 2.05) is 27.0 Å². The number of hydrogen-bond donors (Lipinski definition) is 1. The van der Waals surface area contributed by atoms with Crippen molar-refractivity contribution in [3.05, 3.63) is 60.9 Å². The summed E-state index contributed by atoms with van der Waals surface area (Å²) in [6, 6.07) is 1.00. The van der Waals surface area contributed by atoms with Gasteiger partial charge in [-0.25, -0.2) is 18.7 Å². The van der Waals surface area contributed by atoms with Gasteiger partial charge in [0.1, 0.15) is 0 Å². The molecule has 3 heterocycles. The Morgan fingerprint density at radius 3 is 2.50 bits per heavy atom. The third-order valence-corrected chi connectivity index (χ3v) is 11.9. The number of hydrogen-bond acceptors (Lipinski definition) is 5. The van der Waals surface area contributed by atoms with Gasteiger partial charge in [0.2, 0.25) is 0 Å². The van der Waals surface area contributed by atoms with Gasteiger partial charge in [0.05, 0.1) is 16.8 Å². The first-order chi connectivity index (χ1) is 16.7. The second-order valence-electron chi connectivity index (χ2n) is 11.1. The van der Waals surface area contributed by atoms with E-state index in [-0.39, 0.29) is 22.0 Å². The number of nitrogens with zero attached hydrogens (tertiary/aromatic N) is 3. The van der Waals surface area contributed by atoms with Crippen LogP contribution in [0.1, 0.15) is 70.2 Å². The molecular weight excluding hydrogens is 499 g/mol. The van der Waals surface area contributed by atoms with E-state index in [0.717, 1.165) is 36.5 Å². The number of rotatable bonds is 8. The van der Waals surface area contributed by atoms with Crippen LogP contribution in [0.3, 0.4) is 0 Å². The fourth-order valence-corrected chi connectivity index (χ4v) is 5.11. The van der Waals surface area contributed by atoms with Crippen LogP contribution in [0.4, 0.5) is 4.39 Å². The lowest BCUT2D eigenvalue weighted by Crippen LogP contribution is -2.40. The number of fused-ring (bicyclic) bond motifs is 1. The molecule has 1 N–H and O–H groups in total. The number of aromatic amines is 1. The third-order valence-electron chi connectivity index (χ3n) is 7.11. The minimum atomic E-state index is -1.79. The van der Waals surface area contributed by atoms with Crippen molar-refractivity contribution in [1.82, 2.24) is 19.5 Å². The number of aryl methyl sites for hydroxylation is 1. The summed E-state index contributed by atoms with van der Waals surface area (Å²) in [5.41, 5.74) is 1.68. The van der Waals surface area contributed by atoms with Gasteiger partial charge in [-0.15, -0.1) is 0 Å². The lowest BCUT2D eigenvalue weighted by atomic mass is 9.98. The highest BCUT2D eigenvalue weighted by atomic mass is 35.5. The Bertz CT molecular complexity index is 1390. The first-order valence-electron chi connectivity index (χ1n) is 12.3. The molecule has 0 aromatic carbocycles. The van der Waals surface area contributed by atoms with Crippen LogP contribution >= 0.6 is 11.6 Å². The molecule has 0 aliphatic carbocycles. The predicted octanol–water partition coefficient (Wildman–Crippen LogP) is 6.04. The molecule has 0 unspecified atom stereocenters. The summed E-state index contributed by atoms with van der Waals surface area (Å²) in [6.45, 7) is 17.8. The summed E-state index contributed by atoms with van der Waals surface area (Å²) in [7, 11) is -1.79. The van der Waals surface area contributed by atoms with Gasteiger partial charge < -0.3 is 4.43 Å². The highest BCUT2D eigenvalue weighted by molar-refractivity contribution is 6.74. The zero-order chi connectivity index (χ0) is 27.0. The zero-order valence-electron chi connectivity index (χ0n) is 22.4. The summed E-state index contributed by atoms with van der Waals surface area (Å²) in [5, 5.41) is -0.295. The quantitative estimate of drug-likeness (QED) is 0.216. The fourth-order valence-electron chi connectivity index (χ4n) is 3.89. The molecule has 3 aromatic heterocycles. The zero-order valence-corrected chi connectivity index (χ0v) is 24.1. The summed E-state index contributed by atoms with van der Waals surface area (Å²) >= 11 is 5.95. The first-order valence-corrected chi connectivity index (χ1v) is 15.6. The highest BCUT2D eigenvalue weighted by Crippen LogP contribution is 2.36. The molecule has 0 saturated heterocycles. The van der Waals surface area contributed by atoms with Crippen LogP contribution < -0.4 is 11.2 Å². The van der Waals surface area contributed by atoms with Gasteiger partial charge in [-0.2, -0.15) is 0 Å². The second-order valence-corrected chi connectivity index (χ2v) is 16.3. The van der Waals surface area contributed by atoms with E-state index < -0.39 is 30.5 Å². The lowest BCUT2D eigenvalue weighted by Gasteiger charge is -2.36. The standard InChI is InChI=1S/C26H36ClFN4O3Si/c1-15(2)20-21(32-23-18(24(33)31-25(32)34)13-19(28)22(27)30-23)16(3)17(14-29-20)11-9-10-12-35-36(7,8)26(4,5)6/h13-15H,9-12H2,1-8H3,(H,31,33,34). The van der Waals surface area contributed by atoms with Gasteiger partial charge in [-0.1, -0.05) is 46.2 Å². The molecule has 0 aliphatic rings. The predicted molar refractivity (Wildman–Crippen MR) is 146 cm³/mol. The Morgan fingerprint density at radius 2 is 1.89 bits per heavy atom. The highest BCUT2D eigenvalue weighted by Gasteiger charge is 2.36. The van der Waals surface area contributed by atoms with Gasteiger partial charge in [-0.3, -0.25) is 14.8 Å². The minimum Gasteiger partial charge on any atom is -0.417 e. The van der Waals surface area contributed by atoms with E-state index in [1.54, 1.807) is 0 Å². The lowest BCUT2D eigenvalue weighted by molar-refractivity contribution is 0.279. The molecule has 0 saturated carbocycles. The van der Waals surface area contributed by atoms with E-state index in [4.69, 9.17) is 16.0 Å².